The van der Waals surface area contributed by atoms with E-state index >= 15 is 0 Å². The Kier molecular flexibility index (Phi) is 12.8. The van der Waals surface area contributed by atoms with E-state index in [1.807, 2.05) is 12.1 Å². The molecule has 4 aromatic carbocycles. The Morgan fingerprint density at radius 2 is 1.13 bits per heavy atom. The number of aromatic nitrogens is 2. The Hall–Kier alpha value is -6.24. The smallest absolute Gasteiger partial charge is 0.258 e. The molecule has 6 aromatic rings. The maximum absolute atomic E-state index is 13.9. The van der Waals surface area contributed by atoms with Crippen molar-refractivity contribution in [1.29, 1.82) is 0 Å². The molecule has 14 heteroatoms. The molecule has 0 spiro atoms. The zero-order valence-corrected chi connectivity index (χ0v) is 29.6. The maximum Gasteiger partial charge on any atom is 0.258 e. The molecule has 53 heavy (non-hydrogen) atoms. The lowest BCUT2D eigenvalue weighted by molar-refractivity contribution is 0.101. The van der Waals surface area contributed by atoms with E-state index in [9.17, 15) is 18.4 Å². The second-order valence-corrected chi connectivity index (χ2v) is 12.3. The summed E-state index contributed by atoms with van der Waals surface area (Å²) in [4.78, 5) is 32.4. The van der Waals surface area contributed by atoms with Crippen LogP contribution in [0.25, 0.3) is 0 Å². The molecule has 2 aromatic heterocycles. The average molecular weight is 758 g/mol. The molecular formula is C39H32Cl2F2N6O4. The molecule has 0 aliphatic heterocycles. The fourth-order valence-corrected chi connectivity index (χ4v) is 5.04. The van der Waals surface area contributed by atoms with Gasteiger partial charge in [-0.25, -0.2) is 18.7 Å². The molecule has 6 N–H and O–H groups in total. The largest absolute Gasteiger partial charge is 0.485 e. The van der Waals surface area contributed by atoms with E-state index in [-0.39, 0.29) is 36.0 Å². The Bertz CT molecular complexity index is 2260. The number of nitrogen functional groups attached to an aromatic ring is 2. The zero-order chi connectivity index (χ0) is 37.9. The highest BCUT2D eigenvalue weighted by Crippen LogP contribution is 2.26. The monoisotopic (exact) mass is 756 g/mol. The molecule has 10 nitrogen and oxygen atoms in total. The summed E-state index contributed by atoms with van der Waals surface area (Å²) in [6, 6.07) is 27.4. The van der Waals surface area contributed by atoms with Crippen LogP contribution in [0.15, 0.2) is 116 Å². The predicted molar refractivity (Wildman–Crippen MR) is 202 cm³/mol. The van der Waals surface area contributed by atoms with Crippen LogP contribution in [0.2, 0.25) is 10.0 Å². The second kappa shape index (κ2) is 17.8. The Balaban J connectivity index is 0.000000204. The third-order valence-electron chi connectivity index (χ3n) is 7.34. The first-order valence-electron chi connectivity index (χ1n) is 15.8. The summed E-state index contributed by atoms with van der Waals surface area (Å²) in [5.41, 5.74) is 14.9. The molecule has 0 aliphatic rings. The van der Waals surface area contributed by atoms with Gasteiger partial charge in [0.05, 0.1) is 21.2 Å². The van der Waals surface area contributed by atoms with Crippen LogP contribution in [0.5, 0.6) is 11.5 Å². The first-order valence-corrected chi connectivity index (χ1v) is 16.6. The molecule has 270 valence electrons. The molecule has 0 saturated carbocycles. The number of rotatable bonds is 10. The molecule has 0 fully saturated rings. The first kappa shape index (κ1) is 38.0. The summed E-state index contributed by atoms with van der Waals surface area (Å²) in [5.74, 6) is -0.966. The third kappa shape index (κ3) is 10.9. The predicted octanol–water partition coefficient (Wildman–Crippen LogP) is 8.88. The first-order chi connectivity index (χ1) is 25.4. The third-order valence-corrected chi connectivity index (χ3v) is 7.75. The van der Waals surface area contributed by atoms with Gasteiger partial charge in [-0.15, -0.1) is 0 Å². The van der Waals surface area contributed by atoms with Crippen molar-refractivity contribution in [3.8, 4) is 11.5 Å². The van der Waals surface area contributed by atoms with Gasteiger partial charge in [-0.1, -0.05) is 71.2 Å². The number of benzene rings is 4. The van der Waals surface area contributed by atoms with Crippen molar-refractivity contribution in [2.24, 2.45) is 0 Å². The molecular weight excluding hydrogens is 725 g/mol. The number of carbonyl (C=O) groups is 2. The summed E-state index contributed by atoms with van der Waals surface area (Å²) < 4.78 is 38.8. The van der Waals surface area contributed by atoms with Crippen molar-refractivity contribution in [2.75, 3.05) is 22.1 Å². The van der Waals surface area contributed by atoms with E-state index < -0.39 is 23.4 Å². The number of aryl methyl sites for hydroxylation is 1. The summed E-state index contributed by atoms with van der Waals surface area (Å²) in [6.07, 6.45) is 2.87. The molecule has 0 atom stereocenters. The lowest BCUT2D eigenvalue weighted by atomic mass is 10.1. The van der Waals surface area contributed by atoms with Crippen molar-refractivity contribution >= 4 is 58.0 Å². The molecule has 0 saturated heterocycles. The average Bonchev–Trinajstić information content (AvgIpc) is 3.14. The van der Waals surface area contributed by atoms with Gasteiger partial charge < -0.3 is 31.6 Å². The number of hydrogen-bond donors (Lipinski definition) is 4. The molecule has 0 unspecified atom stereocenters. The van der Waals surface area contributed by atoms with Gasteiger partial charge >= 0.3 is 0 Å². The van der Waals surface area contributed by atoms with Gasteiger partial charge in [0.15, 0.2) is 23.1 Å². The number of pyridine rings is 2. The van der Waals surface area contributed by atoms with E-state index in [2.05, 4.69) is 20.6 Å². The van der Waals surface area contributed by atoms with Crippen LogP contribution in [-0.2, 0) is 13.2 Å². The van der Waals surface area contributed by atoms with Crippen molar-refractivity contribution in [3.63, 3.8) is 0 Å². The van der Waals surface area contributed by atoms with Gasteiger partial charge in [-0.05, 0) is 66.6 Å². The number of halogens is 4. The quantitative estimate of drug-likeness (QED) is 0.108. The number of ether oxygens (including phenoxy) is 2. The van der Waals surface area contributed by atoms with Crippen LogP contribution in [0.4, 0.5) is 31.8 Å². The summed E-state index contributed by atoms with van der Waals surface area (Å²) in [6.45, 7) is 2.20. The Morgan fingerprint density at radius 3 is 1.66 bits per heavy atom. The minimum atomic E-state index is -0.576. The normalized spacial score (nSPS) is 10.4. The minimum absolute atomic E-state index is 0.00516. The molecule has 2 amide bonds. The van der Waals surface area contributed by atoms with Crippen molar-refractivity contribution < 1.29 is 27.8 Å². The number of amides is 2. The van der Waals surface area contributed by atoms with Gasteiger partial charge in [-0.3, -0.25) is 9.59 Å². The standard InChI is InChI=1S/C20H17ClFN3O2.C19H15ClFN3O2/c1-12-5-6-17(22)16(7-12)20(26)25-15-4-2-3-13(8-15)11-27-18-9-14(21)10-24-19(18)23;20-13-9-17(18(22)23-10-13)26-11-12-4-3-5-14(8-12)24-19(25)15-6-1-2-7-16(15)21/h2-10H,11H2,1H3,(H2,23,24)(H,25,26);1-10H,11H2,(H2,22,23)(H,24,25). The van der Waals surface area contributed by atoms with Crippen LogP contribution >= 0.6 is 23.2 Å². The van der Waals surface area contributed by atoms with Gasteiger partial charge in [0, 0.05) is 35.9 Å². The van der Waals surface area contributed by atoms with E-state index in [0.717, 1.165) is 16.7 Å². The lowest BCUT2D eigenvalue weighted by Gasteiger charge is -2.11. The van der Waals surface area contributed by atoms with E-state index in [4.69, 9.17) is 44.1 Å². The van der Waals surface area contributed by atoms with Gasteiger partial charge in [0.2, 0.25) is 0 Å². The van der Waals surface area contributed by atoms with Crippen molar-refractivity contribution in [1.82, 2.24) is 9.97 Å². The van der Waals surface area contributed by atoms with Gasteiger partial charge in [0.25, 0.3) is 11.8 Å². The Labute approximate surface area is 313 Å². The summed E-state index contributed by atoms with van der Waals surface area (Å²) in [7, 11) is 0. The Morgan fingerprint density at radius 1 is 0.642 bits per heavy atom. The molecule has 0 bridgehead atoms. The van der Waals surface area contributed by atoms with Crippen LogP contribution < -0.4 is 31.6 Å². The van der Waals surface area contributed by atoms with Crippen LogP contribution in [-0.4, -0.2) is 21.8 Å². The van der Waals surface area contributed by atoms with Crippen LogP contribution in [0.3, 0.4) is 0 Å². The van der Waals surface area contributed by atoms with E-state index in [0.29, 0.717) is 32.9 Å². The van der Waals surface area contributed by atoms with Gasteiger partial charge in [-0.2, -0.15) is 0 Å². The summed E-state index contributed by atoms with van der Waals surface area (Å²) >= 11 is 11.8. The zero-order valence-electron chi connectivity index (χ0n) is 28.1. The number of nitrogens with zero attached hydrogens (tertiary/aromatic N) is 2. The number of carbonyl (C=O) groups excluding carboxylic acids is 2. The fraction of sp³-hybridized carbons (Fsp3) is 0.0769. The van der Waals surface area contributed by atoms with Crippen LogP contribution in [0.1, 0.15) is 37.4 Å². The molecule has 2 heterocycles. The highest BCUT2D eigenvalue weighted by molar-refractivity contribution is 6.31. The highest BCUT2D eigenvalue weighted by atomic mass is 35.5. The fourth-order valence-electron chi connectivity index (χ4n) is 4.75. The number of hydrogen-bond acceptors (Lipinski definition) is 8. The maximum atomic E-state index is 13.9. The molecule has 0 aliphatic carbocycles. The number of nitrogens with one attached hydrogen (secondary N) is 2. The highest BCUT2D eigenvalue weighted by Gasteiger charge is 2.14. The molecule has 6 rings (SSSR count). The van der Waals surface area contributed by atoms with Gasteiger partial charge in [0.1, 0.15) is 24.8 Å². The van der Waals surface area contributed by atoms with E-state index in [1.54, 1.807) is 67.6 Å². The summed E-state index contributed by atoms with van der Waals surface area (Å²) in [5, 5.41) is 6.19. The SMILES string of the molecule is Cc1ccc(F)c(C(=O)Nc2cccc(COc3cc(Cl)cnc3N)c2)c1.Nc1ncc(Cl)cc1OCc1cccc(NC(=O)c2ccccc2F)c1. The van der Waals surface area contributed by atoms with Crippen LogP contribution in [0, 0.1) is 18.6 Å². The number of anilines is 4. The molecule has 0 radical (unpaired) electrons. The second-order valence-electron chi connectivity index (χ2n) is 11.4. The lowest BCUT2D eigenvalue weighted by Crippen LogP contribution is -2.14. The van der Waals surface area contributed by atoms with Crippen molar-refractivity contribution in [3.05, 3.63) is 165 Å². The van der Waals surface area contributed by atoms with E-state index in [1.165, 1.54) is 42.7 Å². The number of nitrogens with two attached hydrogens (primary N) is 2. The topological polar surface area (TPSA) is 154 Å². The minimum Gasteiger partial charge on any atom is -0.485 e. The van der Waals surface area contributed by atoms with Crippen molar-refractivity contribution in [2.45, 2.75) is 20.1 Å².